The van der Waals surface area contributed by atoms with Crippen molar-refractivity contribution in [3.8, 4) is 0 Å². The van der Waals surface area contributed by atoms with Crippen molar-refractivity contribution in [1.82, 2.24) is 10.6 Å². The Morgan fingerprint density at radius 2 is 0.831 bits per heavy atom. The molecule has 10 rings (SSSR count). The summed E-state index contributed by atoms with van der Waals surface area (Å²) in [5.74, 6) is 1.69. The van der Waals surface area contributed by atoms with Crippen LogP contribution in [0.15, 0.2) is 23.3 Å². The number of rotatable bonds is 6. The second kappa shape index (κ2) is 16.4. The first-order valence-corrected chi connectivity index (χ1v) is 29.5. The maximum atomic E-state index is 15.1. The van der Waals surface area contributed by atoms with Crippen molar-refractivity contribution in [2.75, 3.05) is 13.1 Å². The molecule has 0 aromatic rings. The van der Waals surface area contributed by atoms with E-state index in [-0.39, 0.29) is 90.0 Å². The molecule has 0 aromatic heterocycles. The van der Waals surface area contributed by atoms with Gasteiger partial charge in [0.05, 0.1) is 35.2 Å². The van der Waals surface area contributed by atoms with Gasteiger partial charge in [0.2, 0.25) is 11.8 Å². The van der Waals surface area contributed by atoms with Gasteiger partial charge in [-0.3, -0.25) is 9.59 Å². The number of carbonyl (C=O) groups excluding carboxylic acids is 2. The van der Waals surface area contributed by atoms with Crippen molar-refractivity contribution >= 4 is 11.8 Å². The Hall–Kier alpha value is -1.74. The molecule has 8 fully saturated rings. The summed E-state index contributed by atoms with van der Waals surface area (Å²) in [7, 11) is 0. The average molecular weight is 984 g/mol. The maximum Gasteiger partial charge on any atom is 0.229 e. The van der Waals surface area contributed by atoms with Crippen molar-refractivity contribution in [3.63, 3.8) is 0 Å². The van der Waals surface area contributed by atoms with Crippen LogP contribution < -0.4 is 10.6 Å². The standard InChI is InChI=1S/C63H102N2O6/c1-52(2)28-30-62(40(34-52)38-16-18-44-56(9)24-22-46(66)54(5,6)42(56)20-26-58(44,11)60(38,13)36-48(62)68)50(70)64-32-15-33-65-51(71)63-31-29-53(3,4)35-41(63)39-17-19-45-57(10)25-23-47(67)55(7,8)43(57)21-27-59(45,12)61(39,14)37-49(63)69/h16-17,40-49,66-69H,15,18-37H2,1-14H3,(H,64,70)(H,65,71)/t40?,41?,42?,43?,44?,45?,46-,47-,48+,49+,56-,57-,58+,59+,60+,61+,62+,63+/m0/s1. The highest BCUT2D eigenvalue weighted by Crippen LogP contribution is 2.78. The molecule has 0 aromatic carbocycles. The molecule has 400 valence electrons. The molecule has 0 aliphatic heterocycles. The van der Waals surface area contributed by atoms with E-state index in [2.05, 4.69) is 120 Å². The van der Waals surface area contributed by atoms with Crippen LogP contribution in [0.3, 0.4) is 0 Å². The fourth-order valence-corrected chi connectivity index (χ4v) is 22.3. The highest BCUT2D eigenvalue weighted by molar-refractivity contribution is 5.86. The molecule has 8 nitrogen and oxygen atoms in total. The van der Waals surface area contributed by atoms with Crippen LogP contribution in [0, 0.1) is 100 Å². The predicted molar refractivity (Wildman–Crippen MR) is 284 cm³/mol. The number of hydrogen-bond donors (Lipinski definition) is 6. The van der Waals surface area contributed by atoms with E-state index in [1.165, 1.54) is 11.1 Å². The molecule has 2 amide bonds. The van der Waals surface area contributed by atoms with Crippen LogP contribution in [0.5, 0.6) is 0 Å². The normalized spacial score (nSPS) is 51.9. The van der Waals surface area contributed by atoms with E-state index >= 15 is 9.59 Å². The zero-order chi connectivity index (χ0) is 51.8. The first-order chi connectivity index (χ1) is 32.8. The minimum Gasteiger partial charge on any atom is -0.393 e. The van der Waals surface area contributed by atoms with E-state index in [0.29, 0.717) is 68.9 Å². The second-order valence-electron chi connectivity index (χ2n) is 31.6. The zero-order valence-electron chi connectivity index (χ0n) is 47.4. The Balaban J connectivity index is 0.853. The molecular weight excluding hydrogens is 881 g/mol. The average Bonchev–Trinajstić information content (AvgIpc) is 3.26. The van der Waals surface area contributed by atoms with E-state index in [1.54, 1.807) is 0 Å². The molecule has 6 unspecified atom stereocenters. The Labute approximate surface area is 431 Å². The summed E-state index contributed by atoms with van der Waals surface area (Å²) in [5.41, 5.74) is 0.630. The van der Waals surface area contributed by atoms with Crippen LogP contribution in [0.4, 0.5) is 0 Å². The lowest BCUT2D eigenvalue weighted by Crippen LogP contribution is -2.68. The molecule has 10 aliphatic rings. The van der Waals surface area contributed by atoms with Gasteiger partial charge in [-0.2, -0.15) is 0 Å². The Kier molecular flexibility index (Phi) is 12.2. The number of allylic oxidation sites excluding steroid dienone is 4. The fraction of sp³-hybridized carbons (Fsp3) is 0.905. The third-order valence-electron chi connectivity index (χ3n) is 27.1. The number of aliphatic hydroxyl groups is 4. The topological polar surface area (TPSA) is 139 Å². The molecular formula is C63H102N2O6. The third-order valence-corrected chi connectivity index (χ3v) is 27.1. The van der Waals surface area contributed by atoms with Crippen LogP contribution in [0.2, 0.25) is 0 Å². The molecule has 0 saturated heterocycles. The van der Waals surface area contributed by atoms with Crippen molar-refractivity contribution in [1.29, 1.82) is 0 Å². The van der Waals surface area contributed by atoms with Gasteiger partial charge in [0.25, 0.3) is 0 Å². The highest BCUT2D eigenvalue weighted by Gasteiger charge is 2.73. The number of amides is 2. The molecule has 0 bridgehead atoms. The van der Waals surface area contributed by atoms with Crippen molar-refractivity contribution < 1.29 is 30.0 Å². The Morgan fingerprint density at radius 1 is 0.465 bits per heavy atom. The zero-order valence-corrected chi connectivity index (χ0v) is 47.4. The largest absolute Gasteiger partial charge is 0.393 e. The highest BCUT2D eigenvalue weighted by atomic mass is 16.3. The van der Waals surface area contributed by atoms with Gasteiger partial charge >= 0.3 is 0 Å². The number of fused-ring (bicyclic) bond motifs is 14. The molecule has 0 radical (unpaired) electrons. The van der Waals surface area contributed by atoms with Crippen LogP contribution in [-0.4, -0.2) is 69.7 Å². The van der Waals surface area contributed by atoms with E-state index in [9.17, 15) is 20.4 Å². The molecule has 6 N–H and O–H groups in total. The van der Waals surface area contributed by atoms with Crippen molar-refractivity contribution in [3.05, 3.63) is 23.3 Å². The van der Waals surface area contributed by atoms with Crippen LogP contribution in [0.25, 0.3) is 0 Å². The van der Waals surface area contributed by atoms with Gasteiger partial charge in [0.1, 0.15) is 0 Å². The van der Waals surface area contributed by atoms with E-state index in [1.807, 2.05) is 0 Å². The van der Waals surface area contributed by atoms with E-state index in [0.717, 1.165) is 89.9 Å². The minimum absolute atomic E-state index is 0.0206. The summed E-state index contributed by atoms with van der Waals surface area (Å²) in [6.45, 7) is 34.4. The molecule has 18 atom stereocenters. The number of carbonyl (C=O) groups is 2. The molecule has 10 aliphatic carbocycles. The van der Waals surface area contributed by atoms with Gasteiger partial charge in [-0.05, 0) is 212 Å². The van der Waals surface area contributed by atoms with Crippen LogP contribution in [0.1, 0.15) is 219 Å². The van der Waals surface area contributed by atoms with Crippen molar-refractivity contribution in [2.45, 2.75) is 243 Å². The monoisotopic (exact) mass is 983 g/mol. The van der Waals surface area contributed by atoms with Crippen LogP contribution >= 0.6 is 0 Å². The number of aliphatic hydroxyl groups excluding tert-OH is 4. The Morgan fingerprint density at radius 3 is 1.20 bits per heavy atom. The summed E-state index contributed by atoms with van der Waals surface area (Å²) in [6, 6.07) is 0. The SMILES string of the molecule is CC1(C)CC[C@@]2(C(=O)NCCCNC(=O)[C@]34CCC(C)(C)CC3C3=CCC5[C@@]6(C)CC[C@H](O)C(C)(C)C6CC[C@@]5(C)[C@]3(C)C[C@H]4O)C(C1)C1=CCC3[C@@]4(C)CC[C@H](O)C(C)(C)C4CC[C@@]3(C)[C@]1(C)C[C@H]2O. The summed E-state index contributed by atoms with van der Waals surface area (Å²) in [6.07, 6.45) is 19.8. The molecule has 0 heterocycles. The van der Waals surface area contributed by atoms with Crippen molar-refractivity contribution in [2.24, 2.45) is 100 Å². The quantitative estimate of drug-likeness (QED) is 0.116. The lowest BCUT2D eigenvalue weighted by molar-refractivity contribution is -0.215. The summed E-state index contributed by atoms with van der Waals surface area (Å²) in [5, 5.41) is 54.8. The van der Waals surface area contributed by atoms with E-state index in [4.69, 9.17) is 0 Å². The van der Waals surface area contributed by atoms with Gasteiger partial charge < -0.3 is 31.1 Å². The van der Waals surface area contributed by atoms with Gasteiger partial charge in [0, 0.05) is 13.1 Å². The molecule has 0 spiro atoms. The van der Waals surface area contributed by atoms with Gasteiger partial charge in [-0.1, -0.05) is 120 Å². The maximum absolute atomic E-state index is 15.1. The van der Waals surface area contributed by atoms with Gasteiger partial charge in [-0.25, -0.2) is 0 Å². The Bertz CT molecular complexity index is 2080. The van der Waals surface area contributed by atoms with Crippen LogP contribution in [-0.2, 0) is 9.59 Å². The molecule has 71 heavy (non-hydrogen) atoms. The van der Waals surface area contributed by atoms with E-state index < -0.39 is 23.0 Å². The molecule has 8 heteroatoms. The summed E-state index contributed by atoms with van der Waals surface area (Å²) < 4.78 is 0. The molecule has 8 saturated carbocycles. The first kappa shape index (κ1) is 52.7. The lowest BCUT2D eigenvalue weighted by Gasteiger charge is -2.71. The second-order valence-corrected chi connectivity index (χ2v) is 31.6. The minimum atomic E-state index is -0.889. The summed E-state index contributed by atoms with van der Waals surface area (Å²) in [4.78, 5) is 30.1. The van der Waals surface area contributed by atoms with Gasteiger partial charge in [-0.15, -0.1) is 0 Å². The number of nitrogens with one attached hydrogen (secondary N) is 2. The third kappa shape index (κ3) is 6.91. The summed E-state index contributed by atoms with van der Waals surface area (Å²) >= 11 is 0. The number of hydrogen-bond acceptors (Lipinski definition) is 6. The van der Waals surface area contributed by atoms with Gasteiger partial charge in [0.15, 0.2) is 0 Å². The lowest BCUT2D eigenvalue weighted by atomic mass is 9.33. The fourth-order valence-electron chi connectivity index (χ4n) is 22.3. The smallest absolute Gasteiger partial charge is 0.229 e. The first-order valence-electron chi connectivity index (χ1n) is 29.5. The predicted octanol–water partition coefficient (Wildman–Crippen LogP) is 11.9.